The van der Waals surface area contributed by atoms with Crippen LogP contribution in [0.3, 0.4) is 0 Å². The third-order valence-corrected chi connectivity index (χ3v) is 3.94. The summed E-state index contributed by atoms with van der Waals surface area (Å²) in [6.45, 7) is 1.62. The Balaban J connectivity index is 2.36. The van der Waals surface area contributed by atoms with Gasteiger partial charge in [0.1, 0.15) is 0 Å². The third kappa shape index (κ3) is 3.57. The van der Waals surface area contributed by atoms with E-state index in [2.05, 4.69) is 10.3 Å². The molecule has 0 aliphatic rings. The molecule has 3 N–H and O–H groups in total. The van der Waals surface area contributed by atoms with E-state index in [0.29, 0.717) is 16.8 Å². The first-order chi connectivity index (χ1) is 9.79. The molecule has 0 saturated carbocycles. The van der Waals surface area contributed by atoms with Crippen molar-refractivity contribution in [3.05, 3.63) is 52.8 Å². The van der Waals surface area contributed by atoms with Gasteiger partial charge >= 0.3 is 0 Å². The van der Waals surface area contributed by atoms with Crippen molar-refractivity contribution in [1.82, 2.24) is 4.98 Å². The minimum Gasteiger partial charge on any atom is -0.320 e. The topological polar surface area (TPSA) is 102 Å². The van der Waals surface area contributed by atoms with Crippen molar-refractivity contribution >= 4 is 33.2 Å². The highest BCUT2D eigenvalue weighted by Gasteiger charge is 2.16. The maximum Gasteiger partial charge on any atom is 0.257 e. The number of aryl methyl sites for hydroxylation is 1. The van der Waals surface area contributed by atoms with Crippen molar-refractivity contribution in [1.29, 1.82) is 0 Å². The Hall–Kier alpha value is -1.96. The van der Waals surface area contributed by atoms with Gasteiger partial charge in [-0.15, -0.1) is 0 Å². The Morgan fingerprint density at radius 3 is 2.62 bits per heavy atom. The summed E-state index contributed by atoms with van der Waals surface area (Å²) < 4.78 is 22.6. The Morgan fingerprint density at radius 1 is 1.38 bits per heavy atom. The Bertz CT molecular complexity index is 769. The van der Waals surface area contributed by atoms with Crippen LogP contribution in [0, 0.1) is 6.92 Å². The number of hydrogen-bond donors (Lipinski definition) is 2. The number of anilines is 1. The van der Waals surface area contributed by atoms with E-state index in [9.17, 15) is 13.2 Å². The molecule has 1 aromatic carbocycles. The van der Waals surface area contributed by atoms with E-state index in [1.807, 2.05) is 0 Å². The first-order valence-electron chi connectivity index (χ1n) is 5.83. The number of benzene rings is 1. The van der Waals surface area contributed by atoms with E-state index in [1.165, 1.54) is 18.3 Å². The van der Waals surface area contributed by atoms with E-state index in [4.69, 9.17) is 16.7 Å². The van der Waals surface area contributed by atoms with Crippen LogP contribution in [0.4, 0.5) is 5.69 Å². The van der Waals surface area contributed by atoms with E-state index in [0.717, 1.165) is 0 Å². The lowest BCUT2D eigenvalue weighted by molar-refractivity contribution is 0.102. The molecule has 21 heavy (non-hydrogen) atoms. The average molecular weight is 326 g/mol. The van der Waals surface area contributed by atoms with E-state index in [1.54, 1.807) is 25.3 Å². The highest BCUT2D eigenvalue weighted by atomic mass is 35.5. The number of aromatic nitrogens is 1. The molecule has 1 heterocycles. The quantitative estimate of drug-likeness (QED) is 0.900. The molecule has 110 valence electrons. The van der Waals surface area contributed by atoms with Crippen LogP contribution < -0.4 is 10.5 Å². The molecule has 0 fully saturated rings. The van der Waals surface area contributed by atoms with Gasteiger partial charge in [0.25, 0.3) is 5.91 Å². The van der Waals surface area contributed by atoms with Gasteiger partial charge in [-0.05, 0) is 36.8 Å². The summed E-state index contributed by atoms with van der Waals surface area (Å²) in [7, 11) is -3.85. The number of nitrogens with two attached hydrogens (primary N) is 1. The van der Waals surface area contributed by atoms with Crippen molar-refractivity contribution < 1.29 is 13.2 Å². The van der Waals surface area contributed by atoms with Crippen molar-refractivity contribution in [3.8, 4) is 0 Å². The fraction of sp³-hybridized carbons (Fsp3) is 0.0769. The van der Waals surface area contributed by atoms with Gasteiger partial charge in [-0.1, -0.05) is 11.6 Å². The highest BCUT2D eigenvalue weighted by molar-refractivity contribution is 7.89. The second-order valence-corrected chi connectivity index (χ2v) is 6.31. The Labute approximate surface area is 127 Å². The van der Waals surface area contributed by atoms with Crippen molar-refractivity contribution in [2.24, 2.45) is 5.14 Å². The number of pyridine rings is 1. The van der Waals surface area contributed by atoms with Gasteiger partial charge in [0, 0.05) is 12.4 Å². The smallest absolute Gasteiger partial charge is 0.257 e. The molecule has 0 atom stereocenters. The van der Waals surface area contributed by atoms with Crippen LogP contribution >= 0.6 is 11.6 Å². The predicted molar refractivity (Wildman–Crippen MR) is 79.8 cm³/mol. The van der Waals surface area contributed by atoms with Gasteiger partial charge in [0.2, 0.25) is 10.0 Å². The number of primary sulfonamides is 1. The molecule has 0 unspecified atom stereocenters. The fourth-order valence-electron chi connectivity index (χ4n) is 1.72. The zero-order chi connectivity index (χ0) is 15.6. The zero-order valence-electron chi connectivity index (χ0n) is 11.0. The summed E-state index contributed by atoms with van der Waals surface area (Å²) in [5.41, 5.74) is 1.19. The maximum absolute atomic E-state index is 12.0. The molecule has 8 heteroatoms. The van der Waals surface area contributed by atoms with Crippen LogP contribution in [-0.2, 0) is 10.0 Å². The number of sulfonamides is 1. The van der Waals surface area contributed by atoms with E-state index < -0.39 is 15.9 Å². The Kier molecular flexibility index (Phi) is 4.26. The number of carbonyl (C=O) groups is 1. The van der Waals surface area contributed by atoms with Gasteiger partial charge in [0.15, 0.2) is 0 Å². The standard InChI is InChI=1S/C13H12ClN3O3S/c1-8-5-10(21(15,19)20)6-11(14)12(8)17-13(18)9-3-2-4-16-7-9/h2-7H,1H3,(H,17,18)(H2,15,19,20). The second kappa shape index (κ2) is 5.80. The molecule has 0 aliphatic carbocycles. The lowest BCUT2D eigenvalue weighted by atomic mass is 10.2. The van der Waals surface area contributed by atoms with Crippen LogP contribution in [0.25, 0.3) is 0 Å². The van der Waals surface area contributed by atoms with Gasteiger partial charge in [0.05, 0.1) is 21.2 Å². The molecule has 2 rings (SSSR count). The summed E-state index contributed by atoms with van der Waals surface area (Å²) in [6, 6.07) is 5.78. The lowest BCUT2D eigenvalue weighted by Gasteiger charge is -2.12. The number of nitrogens with one attached hydrogen (secondary N) is 1. The third-order valence-electron chi connectivity index (χ3n) is 2.75. The molecule has 6 nitrogen and oxygen atoms in total. The van der Waals surface area contributed by atoms with Crippen molar-refractivity contribution in [2.75, 3.05) is 5.32 Å². The predicted octanol–water partition coefficient (Wildman–Crippen LogP) is 1.94. The van der Waals surface area contributed by atoms with Crippen LogP contribution in [-0.4, -0.2) is 19.3 Å². The van der Waals surface area contributed by atoms with Gasteiger partial charge in [-0.3, -0.25) is 9.78 Å². The normalized spacial score (nSPS) is 11.2. The minimum absolute atomic E-state index is 0.0938. The van der Waals surface area contributed by atoms with E-state index >= 15 is 0 Å². The molecular weight excluding hydrogens is 314 g/mol. The first kappa shape index (κ1) is 15.4. The number of hydrogen-bond acceptors (Lipinski definition) is 4. The number of halogens is 1. The van der Waals surface area contributed by atoms with Gasteiger partial charge < -0.3 is 5.32 Å². The summed E-state index contributed by atoms with van der Waals surface area (Å²) in [5, 5.41) is 7.78. The molecule has 1 amide bonds. The van der Waals surface area contributed by atoms with Crippen LogP contribution in [0.5, 0.6) is 0 Å². The SMILES string of the molecule is Cc1cc(S(N)(=O)=O)cc(Cl)c1NC(=O)c1cccnc1. The summed E-state index contributed by atoms with van der Waals surface area (Å²) in [6.07, 6.45) is 2.97. The van der Waals surface area contributed by atoms with Gasteiger partial charge in [-0.25, -0.2) is 13.6 Å². The molecule has 0 radical (unpaired) electrons. The molecule has 0 saturated heterocycles. The fourth-order valence-corrected chi connectivity index (χ4v) is 2.72. The number of amides is 1. The summed E-state index contributed by atoms with van der Waals surface area (Å²) in [4.78, 5) is 15.8. The molecule has 0 bridgehead atoms. The summed E-state index contributed by atoms with van der Waals surface area (Å²) >= 11 is 6.02. The van der Waals surface area contributed by atoms with E-state index in [-0.39, 0.29) is 9.92 Å². The van der Waals surface area contributed by atoms with Crippen molar-refractivity contribution in [3.63, 3.8) is 0 Å². The molecular formula is C13H12ClN3O3S. The maximum atomic E-state index is 12.0. The second-order valence-electron chi connectivity index (χ2n) is 4.34. The van der Waals surface area contributed by atoms with Crippen LogP contribution in [0.1, 0.15) is 15.9 Å². The largest absolute Gasteiger partial charge is 0.320 e. The highest BCUT2D eigenvalue weighted by Crippen LogP contribution is 2.29. The molecule has 1 aromatic heterocycles. The van der Waals surface area contributed by atoms with Gasteiger partial charge in [-0.2, -0.15) is 0 Å². The Morgan fingerprint density at radius 2 is 2.10 bits per heavy atom. The minimum atomic E-state index is -3.85. The molecule has 0 aliphatic heterocycles. The molecule has 2 aromatic rings. The number of carbonyl (C=O) groups excluding carboxylic acids is 1. The van der Waals surface area contributed by atoms with Crippen LogP contribution in [0.15, 0.2) is 41.6 Å². The zero-order valence-corrected chi connectivity index (χ0v) is 12.6. The number of nitrogens with zero attached hydrogens (tertiary/aromatic N) is 1. The number of rotatable bonds is 3. The first-order valence-corrected chi connectivity index (χ1v) is 7.76. The van der Waals surface area contributed by atoms with Crippen molar-refractivity contribution in [2.45, 2.75) is 11.8 Å². The lowest BCUT2D eigenvalue weighted by Crippen LogP contribution is -2.15. The monoisotopic (exact) mass is 325 g/mol. The molecule has 0 spiro atoms. The summed E-state index contributed by atoms with van der Waals surface area (Å²) in [5.74, 6) is -0.392. The average Bonchev–Trinajstić information content (AvgIpc) is 2.42. The van der Waals surface area contributed by atoms with Crippen LogP contribution in [0.2, 0.25) is 5.02 Å².